The SMILES string of the molecule is CCC(NC1CCCC1C)c1ccc(O)cc1. The van der Waals surface area contributed by atoms with Crippen molar-refractivity contribution in [1.82, 2.24) is 5.32 Å². The van der Waals surface area contributed by atoms with Crippen molar-refractivity contribution >= 4 is 0 Å². The lowest BCUT2D eigenvalue weighted by Gasteiger charge is -2.25. The van der Waals surface area contributed by atoms with Crippen LogP contribution in [0.15, 0.2) is 24.3 Å². The van der Waals surface area contributed by atoms with Gasteiger partial charge in [-0.25, -0.2) is 0 Å². The van der Waals surface area contributed by atoms with E-state index in [1.165, 1.54) is 24.8 Å². The molecule has 1 aromatic carbocycles. The molecule has 1 aromatic rings. The highest BCUT2D eigenvalue weighted by Gasteiger charge is 2.25. The van der Waals surface area contributed by atoms with E-state index in [4.69, 9.17) is 0 Å². The third kappa shape index (κ3) is 3.01. The summed E-state index contributed by atoms with van der Waals surface area (Å²) < 4.78 is 0. The van der Waals surface area contributed by atoms with Gasteiger partial charge in [-0.15, -0.1) is 0 Å². The molecule has 1 aliphatic rings. The zero-order valence-electron chi connectivity index (χ0n) is 10.8. The van der Waals surface area contributed by atoms with Gasteiger partial charge < -0.3 is 10.4 Å². The highest BCUT2D eigenvalue weighted by molar-refractivity contribution is 5.28. The van der Waals surface area contributed by atoms with Crippen molar-refractivity contribution in [3.05, 3.63) is 29.8 Å². The Kier molecular flexibility index (Phi) is 4.06. The third-order valence-corrected chi connectivity index (χ3v) is 3.98. The van der Waals surface area contributed by atoms with Crippen LogP contribution in [0.25, 0.3) is 0 Å². The van der Waals surface area contributed by atoms with Crippen molar-refractivity contribution < 1.29 is 5.11 Å². The Bertz CT molecular complexity index is 346. The van der Waals surface area contributed by atoms with Gasteiger partial charge in [0.05, 0.1) is 0 Å². The number of phenols is 1. The van der Waals surface area contributed by atoms with Gasteiger partial charge in [-0.2, -0.15) is 0 Å². The molecule has 2 nitrogen and oxygen atoms in total. The summed E-state index contributed by atoms with van der Waals surface area (Å²) in [5.41, 5.74) is 1.28. The monoisotopic (exact) mass is 233 g/mol. The van der Waals surface area contributed by atoms with E-state index in [1.54, 1.807) is 12.1 Å². The van der Waals surface area contributed by atoms with Crippen LogP contribution >= 0.6 is 0 Å². The van der Waals surface area contributed by atoms with Gasteiger partial charge >= 0.3 is 0 Å². The highest BCUT2D eigenvalue weighted by Crippen LogP contribution is 2.28. The number of hydrogen-bond donors (Lipinski definition) is 2. The van der Waals surface area contributed by atoms with Gasteiger partial charge in [0, 0.05) is 12.1 Å². The van der Waals surface area contributed by atoms with Crippen molar-refractivity contribution in [3.63, 3.8) is 0 Å². The summed E-state index contributed by atoms with van der Waals surface area (Å²) in [6, 6.07) is 8.68. The molecule has 1 aliphatic carbocycles. The maximum absolute atomic E-state index is 9.32. The molecule has 0 heterocycles. The molecule has 0 bridgehead atoms. The first-order valence-corrected chi connectivity index (χ1v) is 6.75. The fraction of sp³-hybridized carbons (Fsp3) is 0.600. The number of phenolic OH excluding ortho intramolecular Hbond substituents is 1. The fourth-order valence-corrected chi connectivity index (χ4v) is 2.81. The third-order valence-electron chi connectivity index (χ3n) is 3.98. The maximum atomic E-state index is 9.32. The van der Waals surface area contributed by atoms with Gasteiger partial charge in [-0.1, -0.05) is 32.4 Å². The van der Waals surface area contributed by atoms with Crippen LogP contribution in [-0.2, 0) is 0 Å². The van der Waals surface area contributed by atoms with Crippen LogP contribution in [0.1, 0.15) is 51.1 Å². The minimum absolute atomic E-state index is 0.345. The van der Waals surface area contributed by atoms with Gasteiger partial charge in [0.1, 0.15) is 5.75 Å². The second-order valence-corrected chi connectivity index (χ2v) is 5.23. The van der Waals surface area contributed by atoms with E-state index in [0.29, 0.717) is 17.8 Å². The summed E-state index contributed by atoms with van der Waals surface area (Å²) in [6.07, 6.45) is 5.10. The lowest BCUT2D eigenvalue weighted by molar-refractivity contribution is 0.369. The smallest absolute Gasteiger partial charge is 0.115 e. The van der Waals surface area contributed by atoms with Crippen molar-refractivity contribution in [3.8, 4) is 5.75 Å². The zero-order chi connectivity index (χ0) is 12.3. The predicted octanol–water partition coefficient (Wildman–Crippen LogP) is 3.62. The Hall–Kier alpha value is -1.02. The Labute approximate surface area is 104 Å². The molecule has 2 N–H and O–H groups in total. The van der Waals surface area contributed by atoms with Gasteiger partial charge in [-0.05, 0) is 42.9 Å². The fourth-order valence-electron chi connectivity index (χ4n) is 2.81. The quantitative estimate of drug-likeness (QED) is 0.832. The summed E-state index contributed by atoms with van der Waals surface area (Å²) in [5, 5.41) is 13.1. The lowest BCUT2D eigenvalue weighted by Crippen LogP contribution is -2.34. The van der Waals surface area contributed by atoms with Crippen LogP contribution in [0.3, 0.4) is 0 Å². The van der Waals surface area contributed by atoms with Crippen LogP contribution < -0.4 is 5.32 Å². The van der Waals surface area contributed by atoms with Crippen LogP contribution in [0.2, 0.25) is 0 Å². The Balaban J connectivity index is 2.03. The molecular formula is C15H23NO. The summed E-state index contributed by atoms with van der Waals surface area (Å²) in [4.78, 5) is 0. The summed E-state index contributed by atoms with van der Waals surface area (Å²) in [5.74, 6) is 1.14. The van der Waals surface area contributed by atoms with E-state index in [-0.39, 0.29) is 0 Å². The van der Waals surface area contributed by atoms with Gasteiger partial charge in [0.25, 0.3) is 0 Å². The summed E-state index contributed by atoms with van der Waals surface area (Å²) in [6.45, 7) is 4.55. The first kappa shape index (κ1) is 12.4. The van der Waals surface area contributed by atoms with Gasteiger partial charge in [0.15, 0.2) is 0 Å². The van der Waals surface area contributed by atoms with Crippen LogP contribution in [0, 0.1) is 5.92 Å². The first-order valence-electron chi connectivity index (χ1n) is 6.75. The molecular weight excluding hydrogens is 210 g/mol. The van der Waals surface area contributed by atoms with Crippen LogP contribution in [-0.4, -0.2) is 11.1 Å². The van der Waals surface area contributed by atoms with Crippen LogP contribution in [0.5, 0.6) is 5.75 Å². The Morgan fingerprint density at radius 1 is 1.29 bits per heavy atom. The minimum atomic E-state index is 0.345. The number of nitrogens with one attached hydrogen (secondary N) is 1. The second-order valence-electron chi connectivity index (χ2n) is 5.23. The topological polar surface area (TPSA) is 32.3 Å². The Morgan fingerprint density at radius 2 is 2.00 bits per heavy atom. The lowest BCUT2D eigenvalue weighted by atomic mass is 10.00. The van der Waals surface area contributed by atoms with Crippen molar-refractivity contribution in [2.75, 3.05) is 0 Å². The summed E-state index contributed by atoms with van der Waals surface area (Å²) in [7, 11) is 0. The maximum Gasteiger partial charge on any atom is 0.115 e. The van der Waals surface area contributed by atoms with E-state index in [1.807, 2.05) is 12.1 Å². The van der Waals surface area contributed by atoms with Crippen molar-refractivity contribution in [1.29, 1.82) is 0 Å². The predicted molar refractivity (Wildman–Crippen MR) is 71.1 cm³/mol. The number of rotatable bonds is 4. The van der Waals surface area contributed by atoms with E-state index in [0.717, 1.165) is 12.3 Å². The average molecular weight is 233 g/mol. The molecule has 17 heavy (non-hydrogen) atoms. The van der Waals surface area contributed by atoms with Gasteiger partial charge in [0.2, 0.25) is 0 Å². The molecule has 3 atom stereocenters. The molecule has 1 fully saturated rings. The molecule has 1 saturated carbocycles. The second kappa shape index (κ2) is 5.54. The zero-order valence-corrected chi connectivity index (χ0v) is 10.8. The average Bonchev–Trinajstić information content (AvgIpc) is 2.73. The molecule has 0 aromatic heterocycles. The normalized spacial score (nSPS) is 26.0. The number of aromatic hydroxyl groups is 1. The molecule has 0 spiro atoms. The minimum Gasteiger partial charge on any atom is -0.508 e. The number of benzene rings is 1. The van der Waals surface area contributed by atoms with Crippen LogP contribution in [0.4, 0.5) is 0 Å². The molecule has 94 valence electrons. The number of hydrogen-bond acceptors (Lipinski definition) is 2. The molecule has 0 saturated heterocycles. The van der Waals surface area contributed by atoms with E-state index >= 15 is 0 Å². The standard InChI is InChI=1S/C15H23NO/c1-3-14(12-7-9-13(17)10-8-12)16-15-6-4-5-11(15)2/h7-11,14-17H,3-6H2,1-2H3. The molecule has 3 unspecified atom stereocenters. The Morgan fingerprint density at radius 3 is 2.53 bits per heavy atom. The van der Waals surface area contributed by atoms with E-state index in [2.05, 4.69) is 19.2 Å². The molecule has 2 heteroatoms. The van der Waals surface area contributed by atoms with Gasteiger partial charge in [-0.3, -0.25) is 0 Å². The molecule has 2 rings (SSSR count). The largest absolute Gasteiger partial charge is 0.508 e. The molecule has 0 aliphatic heterocycles. The highest BCUT2D eigenvalue weighted by atomic mass is 16.3. The van der Waals surface area contributed by atoms with Crippen molar-refractivity contribution in [2.45, 2.75) is 51.6 Å². The van der Waals surface area contributed by atoms with E-state index < -0.39 is 0 Å². The van der Waals surface area contributed by atoms with E-state index in [9.17, 15) is 5.11 Å². The van der Waals surface area contributed by atoms with Crippen molar-refractivity contribution in [2.24, 2.45) is 5.92 Å². The molecule has 0 radical (unpaired) electrons. The summed E-state index contributed by atoms with van der Waals surface area (Å²) >= 11 is 0. The first-order chi connectivity index (χ1) is 8.20. The molecule has 0 amide bonds.